The van der Waals surface area contributed by atoms with E-state index in [1.165, 1.54) is 0 Å². The van der Waals surface area contributed by atoms with Crippen LogP contribution in [0.15, 0.2) is 24.3 Å². The van der Waals surface area contributed by atoms with Gasteiger partial charge in [-0.2, -0.15) is 0 Å². The van der Waals surface area contributed by atoms with Crippen molar-refractivity contribution in [3.8, 4) is 0 Å². The highest BCUT2D eigenvalue weighted by molar-refractivity contribution is 5.96. The molecule has 0 unspecified atom stereocenters. The molecule has 1 aromatic carbocycles. The fourth-order valence-corrected chi connectivity index (χ4v) is 5.49. The molecule has 0 spiro atoms. The number of fused-ring (bicyclic) bond motifs is 1. The summed E-state index contributed by atoms with van der Waals surface area (Å²) >= 11 is 0. The molecular weight excluding hydrogens is 574 g/mol. The average Bonchev–Trinajstić information content (AvgIpc) is 2.89. The Morgan fingerprint density at radius 2 is 1.62 bits per heavy atom. The van der Waals surface area contributed by atoms with E-state index in [2.05, 4.69) is 10.6 Å². The normalized spacial score (nSPS) is 17.4. The SMILES string of the molecule is CCCCNC(=O)[C@H](C)C[C@H](O)[C@H](CC(C)(C)CC(=O)N1C[C@H](C(=O)OC(C)(C)C)Cc2ccccc21)NC(=O)OC(C)(C)C. The van der Waals surface area contributed by atoms with Crippen molar-refractivity contribution in [1.29, 1.82) is 0 Å². The van der Waals surface area contributed by atoms with Crippen molar-refractivity contribution in [2.45, 2.75) is 131 Å². The number of rotatable bonds is 13. The first-order chi connectivity index (χ1) is 20.7. The predicted octanol–water partition coefficient (Wildman–Crippen LogP) is 5.54. The average molecular weight is 632 g/mol. The minimum atomic E-state index is -1.06. The van der Waals surface area contributed by atoms with Gasteiger partial charge >= 0.3 is 12.1 Å². The summed E-state index contributed by atoms with van der Waals surface area (Å²) in [6.07, 6.45) is 1.02. The van der Waals surface area contributed by atoms with Gasteiger partial charge in [0.2, 0.25) is 11.8 Å². The molecule has 0 fully saturated rings. The summed E-state index contributed by atoms with van der Waals surface area (Å²) in [6.45, 7) is 19.1. The number of aliphatic hydroxyl groups is 1. The van der Waals surface area contributed by atoms with Crippen LogP contribution < -0.4 is 15.5 Å². The molecule has 45 heavy (non-hydrogen) atoms. The standard InChI is InChI=1S/C35H57N3O7/c1-11-12-17-36-30(41)23(2)18-28(39)26(37-32(43)45-34(6,7)8)20-35(9,10)21-29(40)38-22-25(31(42)44-33(3,4)5)19-24-15-13-14-16-27(24)38/h13-16,23,25-26,28,39H,11-12,17-22H2,1-10H3,(H,36,41)(H,37,43)/t23-,25-,26+,28+/m1/s1. The molecule has 3 amide bonds. The van der Waals surface area contributed by atoms with Crippen LogP contribution in [0.25, 0.3) is 0 Å². The van der Waals surface area contributed by atoms with Crippen molar-refractivity contribution >= 4 is 29.6 Å². The maximum absolute atomic E-state index is 13.9. The first kappa shape index (κ1) is 38.0. The van der Waals surface area contributed by atoms with E-state index >= 15 is 0 Å². The molecule has 0 radical (unpaired) electrons. The van der Waals surface area contributed by atoms with Crippen LogP contribution in [0.5, 0.6) is 0 Å². The molecule has 1 heterocycles. The van der Waals surface area contributed by atoms with Crippen molar-refractivity contribution in [2.24, 2.45) is 17.3 Å². The second-order valence-corrected chi connectivity index (χ2v) is 15.2. The van der Waals surface area contributed by atoms with Gasteiger partial charge in [0.1, 0.15) is 11.2 Å². The van der Waals surface area contributed by atoms with Crippen LogP contribution in [0.3, 0.4) is 0 Å². The monoisotopic (exact) mass is 631 g/mol. The van der Waals surface area contributed by atoms with E-state index in [-0.39, 0.29) is 43.6 Å². The van der Waals surface area contributed by atoms with E-state index in [9.17, 15) is 24.3 Å². The van der Waals surface area contributed by atoms with Gasteiger partial charge in [0.15, 0.2) is 0 Å². The Kier molecular flexibility index (Phi) is 13.5. The number of aliphatic hydroxyl groups excluding tert-OH is 1. The van der Waals surface area contributed by atoms with Crippen LogP contribution in [0.4, 0.5) is 10.5 Å². The lowest BCUT2D eigenvalue weighted by Gasteiger charge is -2.38. The van der Waals surface area contributed by atoms with Crippen molar-refractivity contribution in [1.82, 2.24) is 10.6 Å². The van der Waals surface area contributed by atoms with Gasteiger partial charge in [0.05, 0.1) is 18.1 Å². The number of nitrogens with zero attached hydrogens (tertiary/aromatic N) is 1. The number of carbonyl (C=O) groups is 4. The molecule has 1 aliphatic heterocycles. The van der Waals surface area contributed by atoms with E-state index in [1.807, 2.05) is 65.8 Å². The Morgan fingerprint density at radius 3 is 2.22 bits per heavy atom. The summed E-state index contributed by atoms with van der Waals surface area (Å²) in [5, 5.41) is 17.0. The van der Waals surface area contributed by atoms with E-state index in [1.54, 1.807) is 32.6 Å². The van der Waals surface area contributed by atoms with Crippen LogP contribution in [-0.2, 0) is 30.3 Å². The van der Waals surface area contributed by atoms with Gasteiger partial charge in [-0.25, -0.2) is 4.79 Å². The molecule has 0 aliphatic carbocycles. The van der Waals surface area contributed by atoms with Crippen LogP contribution in [0, 0.1) is 17.3 Å². The number of benzene rings is 1. The first-order valence-corrected chi connectivity index (χ1v) is 16.3. The second kappa shape index (κ2) is 15.9. The number of nitrogens with one attached hydrogen (secondary N) is 2. The summed E-state index contributed by atoms with van der Waals surface area (Å²) < 4.78 is 11.1. The number of carbonyl (C=O) groups excluding carboxylic acids is 4. The van der Waals surface area contributed by atoms with Crippen LogP contribution >= 0.6 is 0 Å². The molecule has 3 N–H and O–H groups in total. The molecule has 4 atom stereocenters. The smallest absolute Gasteiger partial charge is 0.407 e. The van der Waals surface area contributed by atoms with Crippen molar-refractivity contribution in [3.63, 3.8) is 0 Å². The topological polar surface area (TPSA) is 134 Å². The van der Waals surface area contributed by atoms with Gasteiger partial charge in [0, 0.05) is 31.1 Å². The molecule has 1 aliphatic rings. The zero-order valence-electron chi connectivity index (χ0n) is 29.1. The lowest BCUT2D eigenvalue weighted by atomic mass is 9.79. The predicted molar refractivity (Wildman–Crippen MR) is 176 cm³/mol. The van der Waals surface area contributed by atoms with E-state index in [0.29, 0.717) is 13.0 Å². The molecule has 0 saturated heterocycles. The first-order valence-electron chi connectivity index (χ1n) is 16.3. The molecule has 10 heteroatoms. The third-order valence-electron chi connectivity index (χ3n) is 7.63. The summed E-state index contributed by atoms with van der Waals surface area (Å²) in [5.74, 6) is -1.66. The largest absolute Gasteiger partial charge is 0.460 e. The number of esters is 1. The number of hydrogen-bond acceptors (Lipinski definition) is 7. The number of para-hydroxylation sites is 1. The number of amides is 3. The Morgan fingerprint density at radius 1 is 1.00 bits per heavy atom. The number of ether oxygens (including phenoxy) is 2. The van der Waals surface area contributed by atoms with Crippen LogP contribution in [0.1, 0.15) is 107 Å². The molecule has 0 aromatic heterocycles. The van der Waals surface area contributed by atoms with Gasteiger partial charge in [-0.05, 0) is 84.3 Å². The number of anilines is 1. The number of hydrogen-bond donors (Lipinski definition) is 3. The highest BCUT2D eigenvalue weighted by Gasteiger charge is 2.38. The molecular formula is C35H57N3O7. The lowest BCUT2D eigenvalue weighted by molar-refractivity contribution is -0.159. The maximum Gasteiger partial charge on any atom is 0.407 e. The van der Waals surface area contributed by atoms with E-state index < -0.39 is 46.7 Å². The molecule has 2 rings (SSSR count). The summed E-state index contributed by atoms with van der Waals surface area (Å²) in [5.41, 5.74) is -0.404. The van der Waals surface area contributed by atoms with E-state index in [0.717, 1.165) is 24.1 Å². The molecule has 10 nitrogen and oxygen atoms in total. The Hall–Kier alpha value is -3.14. The number of unbranched alkanes of at least 4 members (excludes halogenated alkanes) is 1. The number of alkyl carbamates (subject to hydrolysis) is 1. The van der Waals surface area contributed by atoms with Gasteiger partial charge in [-0.3, -0.25) is 14.4 Å². The molecule has 254 valence electrons. The highest BCUT2D eigenvalue weighted by atomic mass is 16.6. The van der Waals surface area contributed by atoms with Gasteiger partial charge < -0.3 is 30.1 Å². The van der Waals surface area contributed by atoms with Crippen molar-refractivity contribution in [3.05, 3.63) is 29.8 Å². The maximum atomic E-state index is 13.9. The Labute approximate surface area is 270 Å². The molecule has 0 bridgehead atoms. The zero-order chi connectivity index (χ0) is 34.2. The van der Waals surface area contributed by atoms with Gasteiger partial charge in [0.25, 0.3) is 0 Å². The van der Waals surface area contributed by atoms with E-state index in [4.69, 9.17) is 9.47 Å². The quantitative estimate of drug-likeness (QED) is 0.192. The summed E-state index contributed by atoms with van der Waals surface area (Å²) in [4.78, 5) is 54.1. The van der Waals surface area contributed by atoms with Crippen molar-refractivity contribution in [2.75, 3.05) is 18.0 Å². The Balaban J connectivity index is 2.24. The Bertz CT molecular complexity index is 1170. The fraction of sp³-hybridized carbons (Fsp3) is 0.714. The van der Waals surface area contributed by atoms with Crippen molar-refractivity contribution < 1.29 is 33.8 Å². The summed E-state index contributed by atoms with van der Waals surface area (Å²) in [6, 6.07) is 6.79. The van der Waals surface area contributed by atoms with Crippen LogP contribution in [-0.4, -0.2) is 65.4 Å². The summed E-state index contributed by atoms with van der Waals surface area (Å²) in [7, 11) is 0. The third-order valence-corrected chi connectivity index (χ3v) is 7.63. The molecule has 1 aromatic rings. The molecule has 0 saturated carbocycles. The van der Waals surface area contributed by atoms with Crippen LogP contribution in [0.2, 0.25) is 0 Å². The highest BCUT2D eigenvalue weighted by Crippen LogP contribution is 2.35. The second-order valence-electron chi connectivity index (χ2n) is 15.2. The lowest BCUT2D eigenvalue weighted by Crippen LogP contribution is -2.49. The fourth-order valence-electron chi connectivity index (χ4n) is 5.49. The zero-order valence-corrected chi connectivity index (χ0v) is 29.1. The minimum absolute atomic E-state index is 0.0919. The minimum Gasteiger partial charge on any atom is -0.460 e. The van der Waals surface area contributed by atoms with Gasteiger partial charge in [-0.1, -0.05) is 52.3 Å². The third kappa shape index (κ3) is 13.0. The van der Waals surface area contributed by atoms with Gasteiger partial charge in [-0.15, -0.1) is 0 Å².